The second-order valence-electron chi connectivity index (χ2n) is 8.90. The Balaban J connectivity index is 1.17. The molecule has 32 heavy (non-hydrogen) atoms. The number of fused-ring (bicyclic) bond motifs is 4. The molecule has 2 fully saturated rings. The van der Waals surface area contributed by atoms with E-state index in [4.69, 9.17) is 9.15 Å². The van der Waals surface area contributed by atoms with Gasteiger partial charge in [0.05, 0.1) is 6.54 Å². The standard InChI is InChI=1S/C25H25N3O3S/c1-15(29)27-18-11-19-5-6-20(12-18)28(19)14-22-9-16-4-7-21(13-23(16)30-22)31-24-10-17-3-2-8-26-25(17)32-24/h2-4,7-10,13,18-20H,5-6,11-12,14H2,1H3,(H,27,29)/t18?,19-,20+. The van der Waals surface area contributed by atoms with Gasteiger partial charge in [0.25, 0.3) is 0 Å². The number of rotatable bonds is 5. The third kappa shape index (κ3) is 3.76. The molecule has 3 atom stereocenters. The average Bonchev–Trinajstić information content (AvgIpc) is 3.41. The summed E-state index contributed by atoms with van der Waals surface area (Å²) in [5.41, 5.74) is 0.845. The van der Waals surface area contributed by atoms with Crippen molar-refractivity contribution in [3.63, 3.8) is 0 Å². The van der Waals surface area contributed by atoms with Crippen molar-refractivity contribution in [1.29, 1.82) is 0 Å². The zero-order chi connectivity index (χ0) is 21.7. The molecule has 7 heteroatoms. The van der Waals surface area contributed by atoms with Crippen LogP contribution in [0, 0.1) is 0 Å². The second-order valence-corrected chi connectivity index (χ2v) is 9.90. The van der Waals surface area contributed by atoms with E-state index in [0.29, 0.717) is 18.1 Å². The summed E-state index contributed by atoms with van der Waals surface area (Å²) < 4.78 is 12.3. The number of carbonyl (C=O) groups is 1. The van der Waals surface area contributed by atoms with Crippen LogP contribution >= 0.6 is 11.3 Å². The first-order valence-corrected chi connectivity index (χ1v) is 12.0. The van der Waals surface area contributed by atoms with Crippen LogP contribution in [0.25, 0.3) is 21.2 Å². The van der Waals surface area contributed by atoms with Crippen LogP contribution in [0.4, 0.5) is 0 Å². The highest BCUT2D eigenvalue weighted by molar-refractivity contribution is 7.20. The van der Waals surface area contributed by atoms with Crippen LogP contribution in [0.15, 0.2) is 53.1 Å². The van der Waals surface area contributed by atoms with E-state index in [1.165, 1.54) is 12.8 Å². The monoisotopic (exact) mass is 447 g/mol. The second kappa shape index (κ2) is 7.90. The molecule has 4 aromatic rings. The molecule has 6 nitrogen and oxygen atoms in total. The molecule has 6 rings (SSSR count). The first-order chi connectivity index (χ1) is 15.6. The Labute approximate surface area is 190 Å². The highest BCUT2D eigenvalue weighted by Gasteiger charge is 2.41. The number of nitrogens with zero attached hydrogens (tertiary/aromatic N) is 2. The number of amides is 1. The highest BCUT2D eigenvalue weighted by Crippen LogP contribution is 2.38. The van der Waals surface area contributed by atoms with E-state index in [9.17, 15) is 4.79 Å². The number of nitrogens with one attached hydrogen (secondary N) is 1. The Morgan fingerprint density at radius 1 is 1.19 bits per heavy atom. The minimum absolute atomic E-state index is 0.0741. The van der Waals surface area contributed by atoms with Crippen molar-refractivity contribution in [3.05, 3.63) is 54.4 Å². The molecular formula is C25H25N3O3S. The summed E-state index contributed by atoms with van der Waals surface area (Å²) in [5.74, 6) is 1.82. The van der Waals surface area contributed by atoms with Gasteiger partial charge in [-0.3, -0.25) is 9.69 Å². The maximum absolute atomic E-state index is 11.5. The summed E-state index contributed by atoms with van der Waals surface area (Å²) in [6.45, 7) is 2.42. The van der Waals surface area contributed by atoms with Crippen LogP contribution in [0.5, 0.6) is 10.8 Å². The number of benzene rings is 1. The van der Waals surface area contributed by atoms with E-state index in [1.54, 1.807) is 24.5 Å². The summed E-state index contributed by atoms with van der Waals surface area (Å²) >= 11 is 1.54. The van der Waals surface area contributed by atoms with Gasteiger partial charge in [-0.1, -0.05) is 17.4 Å². The quantitative estimate of drug-likeness (QED) is 0.440. The molecule has 5 heterocycles. The Bertz CT molecular complexity index is 1250. The van der Waals surface area contributed by atoms with Crippen molar-refractivity contribution < 1.29 is 13.9 Å². The molecule has 2 aliphatic rings. The van der Waals surface area contributed by atoms with Crippen molar-refractivity contribution in [2.75, 3.05) is 0 Å². The third-order valence-corrected chi connectivity index (χ3v) is 7.60. The number of carbonyl (C=O) groups excluding carboxylic acids is 1. The predicted octanol–water partition coefficient (Wildman–Crippen LogP) is 5.47. The lowest BCUT2D eigenvalue weighted by Gasteiger charge is -2.38. The molecule has 0 aliphatic carbocycles. The maximum Gasteiger partial charge on any atom is 0.217 e. The van der Waals surface area contributed by atoms with E-state index >= 15 is 0 Å². The number of hydrogen-bond acceptors (Lipinski definition) is 6. The molecule has 1 amide bonds. The Morgan fingerprint density at radius 3 is 2.81 bits per heavy atom. The van der Waals surface area contributed by atoms with Crippen molar-refractivity contribution in [2.45, 2.75) is 57.3 Å². The zero-order valence-corrected chi connectivity index (χ0v) is 18.7. The van der Waals surface area contributed by atoms with Gasteiger partial charge in [-0.15, -0.1) is 0 Å². The lowest BCUT2D eigenvalue weighted by Crippen LogP contribution is -2.49. The molecule has 0 saturated carbocycles. The molecule has 3 aromatic heterocycles. The topological polar surface area (TPSA) is 67.6 Å². The van der Waals surface area contributed by atoms with E-state index in [2.05, 4.69) is 27.3 Å². The van der Waals surface area contributed by atoms with E-state index < -0.39 is 0 Å². The van der Waals surface area contributed by atoms with Gasteiger partial charge >= 0.3 is 0 Å². The van der Waals surface area contributed by atoms with Crippen LogP contribution in [0.3, 0.4) is 0 Å². The molecule has 1 unspecified atom stereocenters. The van der Waals surface area contributed by atoms with Gasteiger partial charge in [0.1, 0.15) is 21.9 Å². The first-order valence-electron chi connectivity index (χ1n) is 11.2. The lowest BCUT2D eigenvalue weighted by molar-refractivity contribution is -0.120. The van der Waals surface area contributed by atoms with E-state index in [-0.39, 0.29) is 5.91 Å². The number of ether oxygens (including phenoxy) is 1. The largest absolute Gasteiger partial charge is 0.460 e. The molecule has 1 aromatic carbocycles. The minimum atomic E-state index is 0.0741. The number of pyridine rings is 1. The molecule has 164 valence electrons. The van der Waals surface area contributed by atoms with Crippen LogP contribution < -0.4 is 10.1 Å². The van der Waals surface area contributed by atoms with Crippen molar-refractivity contribution >= 4 is 38.4 Å². The molecule has 0 radical (unpaired) electrons. The maximum atomic E-state index is 11.5. The van der Waals surface area contributed by atoms with E-state index in [0.717, 1.165) is 57.1 Å². The molecule has 2 bridgehead atoms. The molecule has 2 aliphatic heterocycles. The van der Waals surface area contributed by atoms with Crippen LogP contribution in [-0.2, 0) is 11.3 Å². The fourth-order valence-electron chi connectivity index (χ4n) is 5.34. The van der Waals surface area contributed by atoms with Gasteiger partial charge in [-0.05, 0) is 49.9 Å². The molecule has 2 saturated heterocycles. The van der Waals surface area contributed by atoms with Crippen LogP contribution in [-0.4, -0.2) is 33.9 Å². The van der Waals surface area contributed by atoms with Gasteiger partial charge in [0.15, 0.2) is 5.06 Å². The SMILES string of the molecule is CC(=O)NC1C[C@H]2CC[C@@H](C1)N2Cc1cc2ccc(Oc3cc4cccnc4s3)cc2o1. The highest BCUT2D eigenvalue weighted by atomic mass is 32.1. The lowest BCUT2D eigenvalue weighted by atomic mass is 9.97. The Hall–Kier alpha value is -2.90. The van der Waals surface area contributed by atoms with Crippen molar-refractivity contribution in [2.24, 2.45) is 0 Å². The zero-order valence-electron chi connectivity index (χ0n) is 17.9. The molecule has 0 spiro atoms. The number of aromatic nitrogens is 1. The van der Waals surface area contributed by atoms with Gasteiger partial charge in [0, 0.05) is 54.2 Å². The van der Waals surface area contributed by atoms with Crippen molar-refractivity contribution in [3.8, 4) is 10.8 Å². The van der Waals surface area contributed by atoms with Crippen molar-refractivity contribution in [1.82, 2.24) is 15.2 Å². The summed E-state index contributed by atoms with van der Waals surface area (Å²) in [6, 6.07) is 15.5. The first kappa shape index (κ1) is 19.8. The Kier molecular flexibility index (Phi) is 4.88. The Morgan fingerprint density at radius 2 is 2.03 bits per heavy atom. The summed E-state index contributed by atoms with van der Waals surface area (Å²) in [6.07, 6.45) is 6.25. The van der Waals surface area contributed by atoms with Crippen LogP contribution in [0.1, 0.15) is 38.4 Å². The normalized spacial score (nSPS) is 23.1. The van der Waals surface area contributed by atoms with Gasteiger partial charge < -0.3 is 14.5 Å². The predicted molar refractivity (Wildman–Crippen MR) is 125 cm³/mol. The fraction of sp³-hybridized carbons (Fsp3) is 0.360. The summed E-state index contributed by atoms with van der Waals surface area (Å²) in [5, 5.41) is 6.12. The van der Waals surface area contributed by atoms with E-state index in [1.807, 2.05) is 30.3 Å². The van der Waals surface area contributed by atoms with Crippen LogP contribution in [0.2, 0.25) is 0 Å². The number of piperidine rings is 1. The number of hydrogen-bond donors (Lipinski definition) is 1. The summed E-state index contributed by atoms with van der Waals surface area (Å²) in [4.78, 5) is 19.4. The third-order valence-electron chi connectivity index (χ3n) is 6.66. The summed E-state index contributed by atoms with van der Waals surface area (Å²) in [7, 11) is 0. The number of furan rings is 1. The molecule has 1 N–H and O–H groups in total. The minimum Gasteiger partial charge on any atom is -0.460 e. The average molecular weight is 448 g/mol. The number of thiophene rings is 1. The smallest absolute Gasteiger partial charge is 0.217 e. The van der Waals surface area contributed by atoms with Gasteiger partial charge in [-0.2, -0.15) is 0 Å². The van der Waals surface area contributed by atoms with Gasteiger partial charge in [-0.25, -0.2) is 4.98 Å². The van der Waals surface area contributed by atoms with Gasteiger partial charge in [0.2, 0.25) is 5.91 Å². The molecular weight excluding hydrogens is 422 g/mol. The fourth-order valence-corrected chi connectivity index (χ4v) is 6.21.